The molecule has 1 unspecified atom stereocenters. The van der Waals surface area contributed by atoms with E-state index in [1.165, 1.54) is 30.3 Å². The average molecular weight is 478 g/mol. The highest BCUT2D eigenvalue weighted by atomic mass is 32.2. The molecule has 7 nitrogen and oxygen atoms in total. The lowest BCUT2D eigenvalue weighted by molar-refractivity contribution is -0.151. The van der Waals surface area contributed by atoms with Gasteiger partial charge in [0.2, 0.25) is 5.91 Å². The maximum absolute atomic E-state index is 13.9. The highest BCUT2D eigenvalue weighted by Crippen LogP contribution is 2.20. The van der Waals surface area contributed by atoms with E-state index < -0.39 is 17.0 Å². The molecule has 1 fully saturated rings. The quantitative estimate of drug-likeness (QED) is 0.589. The molecule has 1 atom stereocenters. The van der Waals surface area contributed by atoms with Gasteiger partial charge < -0.3 is 19.9 Å². The minimum atomic E-state index is -0.644. The number of thioether (sulfide) groups is 1. The summed E-state index contributed by atoms with van der Waals surface area (Å²) in [6.07, 6.45) is 0. The Morgan fingerprint density at radius 1 is 1.03 bits per heavy atom. The molecule has 33 heavy (non-hydrogen) atoms. The molecular formula is C23H25F2N3O4S. The number of nitrogens with zero attached hydrogens (tertiary/aromatic N) is 2. The second-order valence-electron chi connectivity index (χ2n) is 7.44. The Balaban J connectivity index is 1.35. The van der Waals surface area contributed by atoms with Gasteiger partial charge in [0.25, 0.3) is 5.91 Å². The van der Waals surface area contributed by atoms with E-state index >= 15 is 0 Å². The Morgan fingerprint density at radius 3 is 2.36 bits per heavy atom. The van der Waals surface area contributed by atoms with Crippen molar-refractivity contribution in [1.29, 1.82) is 0 Å². The lowest BCUT2D eigenvalue weighted by atomic mass is 10.2. The molecule has 0 saturated carbocycles. The molecule has 3 rings (SSSR count). The van der Waals surface area contributed by atoms with E-state index in [0.29, 0.717) is 37.6 Å². The van der Waals surface area contributed by atoms with Gasteiger partial charge in [0.1, 0.15) is 16.9 Å². The second-order valence-corrected chi connectivity index (χ2v) is 8.76. The summed E-state index contributed by atoms with van der Waals surface area (Å²) in [6.45, 7) is 2.98. The molecule has 1 saturated heterocycles. The summed E-state index contributed by atoms with van der Waals surface area (Å²) in [5, 5.41) is 1.96. The smallest absolute Gasteiger partial charge is 0.319 e. The van der Waals surface area contributed by atoms with Crippen LogP contribution in [-0.4, -0.2) is 66.5 Å². The van der Waals surface area contributed by atoms with Crippen LogP contribution in [0.1, 0.15) is 6.92 Å². The van der Waals surface area contributed by atoms with Gasteiger partial charge in [0.05, 0.1) is 11.4 Å². The SMILES string of the molecule is CC(SCC(=O)Nc1ccc(F)cc1)C(=O)OCC(=O)N1CCN(c2ccccc2F)CC1. The number of ether oxygens (including phenoxy) is 1. The van der Waals surface area contributed by atoms with Crippen LogP contribution in [0.15, 0.2) is 48.5 Å². The normalized spacial score (nSPS) is 14.5. The van der Waals surface area contributed by atoms with Crippen molar-refractivity contribution < 1.29 is 27.9 Å². The maximum atomic E-state index is 13.9. The topological polar surface area (TPSA) is 78.9 Å². The van der Waals surface area contributed by atoms with Crippen molar-refractivity contribution in [3.05, 3.63) is 60.2 Å². The van der Waals surface area contributed by atoms with Crippen molar-refractivity contribution in [2.75, 3.05) is 48.8 Å². The number of hydrogen-bond donors (Lipinski definition) is 1. The number of rotatable bonds is 8. The fourth-order valence-corrected chi connectivity index (χ4v) is 3.92. The predicted molar refractivity (Wildman–Crippen MR) is 123 cm³/mol. The number of carbonyl (C=O) groups is 3. The molecule has 0 aromatic heterocycles. The number of halogens is 2. The fraction of sp³-hybridized carbons (Fsp3) is 0.348. The first-order valence-corrected chi connectivity index (χ1v) is 11.5. The number of esters is 1. The first kappa shape index (κ1) is 24.5. The standard InChI is InChI=1S/C23H25F2N3O4S/c1-16(33-15-21(29)26-18-8-6-17(24)7-9-18)23(31)32-14-22(30)28-12-10-27(11-13-28)20-5-3-2-4-19(20)25/h2-9,16H,10-15H2,1H3,(H,26,29). The van der Waals surface area contributed by atoms with Crippen LogP contribution < -0.4 is 10.2 Å². The van der Waals surface area contributed by atoms with Gasteiger partial charge in [-0.05, 0) is 43.3 Å². The van der Waals surface area contributed by atoms with Crippen LogP contribution >= 0.6 is 11.8 Å². The van der Waals surface area contributed by atoms with Gasteiger partial charge in [0.15, 0.2) is 6.61 Å². The zero-order valence-corrected chi connectivity index (χ0v) is 18.9. The van der Waals surface area contributed by atoms with Crippen molar-refractivity contribution in [2.24, 2.45) is 0 Å². The van der Waals surface area contributed by atoms with Gasteiger partial charge in [-0.15, -0.1) is 11.8 Å². The van der Waals surface area contributed by atoms with E-state index in [2.05, 4.69) is 5.32 Å². The molecule has 0 radical (unpaired) electrons. The summed E-state index contributed by atoms with van der Waals surface area (Å²) < 4.78 is 32.0. The van der Waals surface area contributed by atoms with Crippen molar-refractivity contribution in [2.45, 2.75) is 12.2 Å². The van der Waals surface area contributed by atoms with Gasteiger partial charge >= 0.3 is 5.97 Å². The lowest BCUT2D eigenvalue weighted by Gasteiger charge is -2.36. The van der Waals surface area contributed by atoms with E-state index in [1.807, 2.05) is 4.90 Å². The van der Waals surface area contributed by atoms with Crippen molar-refractivity contribution in [3.8, 4) is 0 Å². The minimum Gasteiger partial charge on any atom is -0.455 e. The number of benzene rings is 2. The van der Waals surface area contributed by atoms with Gasteiger partial charge in [-0.2, -0.15) is 0 Å². The van der Waals surface area contributed by atoms with Crippen molar-refractivity contribution in [3.63, 3.8) is 0 Å². The van der Waals surface area contributed by atoms with E-state index in [9.17, 15) is 23.2 Å². The summed E-state index contributed by atoms with van der Waals surface area (Å²) >= 11 is 1.07. The van der Waals surface area contributed by atoms with Crippen LogP contribution in [0.25, 0.3) is 0 Å². The van der Waals surface area contributed by atoms with Crippen LogP contribution in [0.2, 0.25) is 0 Å². The van der Waals surface area contributed by atoms with E-state index in [-0.39, 0.29) is 30.0 Å². The van der Waals surface area contributed by atoms with E-state index in [1.54, 1.807) is 30.0 Å². The summed E-state index contributed by atoms with van der Waals surface area (Å²) in [4.78, 5) is 40.0. The van der Waals surface area contributed by atoms with Crippen LogP contribution in [0, 0.1) is 11.6 Å². The van der Waals surface area contributed by atoms with Gasteiger partial charge in [-0.3, -0.25) is 14.4 Å². The maximum Gasteiger partial charge on any atom is 0.319 e. The Bertz CT molecular complexity index is 982. The van der Waals surface area contributed by atoms with Crippen molar-refractivity contribution >= 4 is 40.9 Å². The third-order valence-corrected chi connectivity index (χ3v) is 6.21. The Morgan fingerprint density at radius 2 is 1.70 bits per heavy atom. The number of amides is 2. The number of carbonyl (C=O) groups excluding carboxylic acids is 3. The number of piperazine rings is 1. The first-order valence-electron chi connectivity index (χ1n) is 10.4. The summed E-state index contributed by atoms with van der Waals surface area (Å²) in [7, 11) is 0. The second kappa shape index (κ2) is 11.6. The molecule has 1 heterocycles. The third kappa shape index (κ3) is 7.18. The number of hydrogen-bond acceptors (Lipinski definition) is 6. The number of para-hydroxylation sites is 1. The minimum absolute atomic E-state index is 0.000402. The molecule has 2 amide bonds. The zero-order valence-electron chi connectivity index (χ0n) is 18.1. The van der Waals surface area contributed by atoms with Crippen LogP contribution in [0.5, 0.6) is 0 Å². The molecule has 1 N–H and O–H groups in total. The molecule has 0 bridgehead atoms. The summed E-state index contributed by atoms with van der Waals surface area (Å²) in [5.74, 6) is -1.95. The zero-order chi connectivity index (χ0) is 23.8. The number of nitrogens with one attached hydrogen (secondary N) is 1. The third-order valence-electron chi connectivity index (χ3n) is 5.09. The molecular weight excluding hydrogens is 452 g/mol. The molecule has 10 heteroatoms. The summed E-state index contributed by atoms with van der Waals surface area (Å²) in [5.41, 5.74) is 0.961. The monoisotopic (exact) mass is 477 g/mol. The highest BCUT2D eigenvalue weighted by molar-refractivity contribution is 8.01. The van der Waals surface area contributed by atoms with Crippen molar-refractivity contribution in [1.82, 2.24) is 4.90 Å². The Labute approximate surface area is 195 Å². The predicted octanol–water partition coefficient (Wildman–Crippen LogP) is 2.92. The van der Waals surface area contributed by atoms with E-state index in [4.69, 9.17) is 4.74 Å². The molecule has 0 aliphatic carbocycles. The van der Waals surface area contributed by atoms with Crippen LogP contribution in [-0.2, 0) is 19.1 Å². The van der Waals surface area contributed by atoms with Gasteiger partial charge in [-0.1, -0.05) is 12.1 Å². The van der Waals surface area contributed by atoms with Gasteiger partial charge in [-0.25, -0.2) is 8.78 Å². The van der Waals surface area contributed by atoms with Gasteiger partial charge in [0, 0.05) is 31.9 Å². The Hall–Kier alpha value is -3.14. The largest absolute Gasteiger partial charge is 0.455 e. The number of anilines is 2. The summed E-state index contributed by atoms with van der Waals surface area (Å²) in [6, 6.07) is 11.9. The van der Waals surface area contributed by atoms with Crippen LogP contribution in [0.4, 0.5) is 20.2 Å². The lowest BCUT2D eigenvalue weighted by Crippen LogP contribution is -2.50. The van der Waals surface area contributed by atoms with E-state index in [0.717, 1.165) is 11.8 Å². The average Bonchev–Trinajstić information content (AvgIpc) is 2.82. The van der Waals surface area contributed by atoms with Crippen LogP contribution in [0.3, 0.4) is 0 Å². The molecule has 2 aromatic rings. The molecule has 176 valence electrons. The molecule has 1 aliphatic rings. The first-order chi connectivity index (χ1) is 15.8. The molecule has 0 spiro atoms. The molecule has 2 aromatic carbocycles. The highest BCUT2D eigenvalue weighted by Gasteiger charge is 2.24. The fourth-order valence-electron chi connectivity index (χ4n) is 3.25. The molecule has 1 aliphatic heterocycles. The Kier molecular flexibility index (Phi) is 8.65.